The standard InChI is InChI=1S/C39H26N2O2/c1-23-16-17-24(2)39-35(23)38(42)30-19-18-26(22-34(30)43-39)41-31-14-8-6-12-27(31)28-20-21-33-36(37(28)41)29-13-7-9-15-32(29)40(33)25-10-4-3-5-11-25/h3-22H,1-2H3. The van der Waals surface area contributed by atoms with Crippen LogP contribution in [0.1, 0.15) is 11.1 Å². The van der Waals surface area contributed by atoms with Gasteiger partial charge in [0.15, 0.2) is 0 Å². The van der Waals surface area contributed by atoms with Gasteiger partial charge in [-0.1, -0.05) is 72.8 Å². The van der Waals surface area contributed by atoms with Crippen molar-refractivity contribution in [2.75, 3.05) is 0 Å². The van der Waals surface area contributed by atoms with Crippen LogP contribution >= 0.6 is 0 Å². The number of aryl methyl sites for hydroxylation is 2. The first-order valence-electron chi connectivity index (χ1n) is 14.6. The predicted molar refractivity (Wildman–Crippen MR) is 178 cm³/mol. The minimum Gasteiger partial charge on any atom is -0.455 e. The van der Waals surface area contributed by atoms with E-state index in [2.05, 4.69) is 106 Å². The third-order valence-electron chi connectivity index (χ3n) is 8.95. The van der Waals surface area contributed by atoms with Gasteiger partial charge in [-0.05, 0) is 67.4 Å². The number of para-hydroxylation sites is 3. The summed E-state index contributed by atoms with van der Waals surface area (Å²) in [6.07, 6.45) is 0. The zero-order chi connectivity index (χ0) is 28.8. The van der Waals surface area contributed by atoms with Gasteiger partial charge in [-0.15, -0.1) is 0 Å². The molecule has 43 heavy (non-hydrogen) atoms. The van der Waals surface area contributed by atoms with Crippen LogP contribution in [0.25, 0.3) is 76.9 Å². The highest BCUT2D eigenvalue weighted by Crippen LogP contribution is 2.42. The second kappa shape index (κ2) is 8.70. The van der Waals surface area contributed by atoms with E-state index in [1.54, 1.807) is 0 Å². The lowest BCUT2D eigenvalue weighted by atomic mass is 10.0. The van der Waals surface area contributed by atoms with E-state index in [-0.39, 0.29) is 5.43 Å². The van der Waals surface area contributed by atoms with E-state index in [0.717, 1.165) is 44.6 Å². The Labute approximate surface area is 246 Å². The number of hydrogen-bond donors (Lipinski definition) is 0. The maximum atomic E-state index is 13.7. The number of rotatable bonds is 2. The molecule has 6 aromatic carbocycles. The van der Waals surface area contributed by atoms with Crippen molar-refractivity contribution in [3.63, 3.8) is 0 Å². The Balaban J connectivity index is 1.46. The van der Waals surface area contributed by atoms with Crippen LogP contribution < -0.4 is 5.43 Å². The fraction of sp³-hybridized carbons (Fsp3) is 0.0513. The zero-order valence-electron chi connectivity index (χ0n) is 23.8. The molecule has 4 heteroatoms. The Kier molecular flexibility index (Phi) is 4.86. The largest absolute Gasteiger partial charge is 0.455 e. The Morgan fingerprint density at radius 3 is 2.00 bits per heavy atom. The number of nitrogens with zero attached hydrogens (tertiary/aromatic N) is 2. The molecule has 0 aliphatic heterocycles. The van der Waals surface area contributed by atoms with Gasteiger partial charge in [0.1, 0.15) is 11.2 Å². The fourth-order valence-electron chi connectivity index (χ4n) is 7.00. The molecule has 0 spiro atoms. The summed E-state index contributed by atoms with van der Waals surface area (Å²) in [7, 11) is 0. The maximum Gasteiger partial charge on any atom is 0.200 e. The molecule has 3 heterocycles. The highest BCUT2D eigenvalue weighted by Gasteiger charge is 2.21. The second-order valence-corrected chi connectivity index (χ2v) is 11.4. The van der Waals surface area contributed by atoms with E-state index in [4.69, 9.17) is 4.42 Å². The SMILES string of the molecule is Cc1ccc(C)c2c(=O)c3ccc(-n4c5ccccc5c5ccc6c(c7ccccc7n6-c6ccccc6)c54)cc3oc12. The topological polar surface area (TPSA) is 40.1 Å². The van der Waals surface area contributed by atoms with Crippen molar-refractivity contribution in [3.05, 3.63) is 143 Å². The Morgan fingerprint density at radius 1 is 0.512 bits per heavy atom. The summed E-state index contributed by atoms with van der Waals surface area (Å²) in [4.78, 5) is 13.7. The molecule has 0 N–H and O–H groups in total. The van der Waals surface area contributed by atoms with Gasteiger partial charge < -0.3 is 13.6 Å². The Morgan fingerprint density at radius 2 is 1.19 bits per heavy atom. The zero-order valence-corrected chi connectivity index (χ0v) is 23.8. The van der Waals surface area contributed by atoms with Crippen molar-refractivity contribution in [1.29, 1.82) is 0 Å². The van der Waals surface area contributed by atoms with E-state index < -0.39 is 0 Å². The molecule has 0 saturated carbocycles. The highest BCUT2D eigenvalue weighted by molar-refractivity contribution is 6.26. The summed E-state index contributed by atoms with van der Waals surface area (Å²) in [5.74, 6) is 0. The van der Waals surface area contributed by atoms with Gasteiger partial charge in [0.2, 0.25) is 5.43 Å². The quantitative estimate of drug-likeness (QED) is 0.200. The van der Waals surface area contributed by atoms with Crippen LogP contribution in [0, 0.1) is 13.8 Å². The first-order valence-corrected chi connectivity index (χ1v) is 14.6. The fourth-order valence-corrected chi connectivity index (χ4v) is 7.00. The van der Waals surface area contributed by atoms with Crippen LogP contribution in [0.15, 0.2) is 131 Å². The molecular weight excluding hydrogens is 528 g/mol. The lowest BCUT2D eigenvalue weighted by molar-refractivity contribution is 0.656. The molecule has 9 rings (SSSR count). The van der Waals surface area contributed by atoms with Crippen LogP contribution in [0.4, 0.5) is 0 Å². The van der Waals surface area contributed by atoms with Crippen LogP contribution in [0.3, 0.4) is 0 Å². The van der Waals surface area contributed by atoms with Crippen LogP contribution in [-0.2, 0) is 0 Å². The van der Waals surface area contributed by atoms with Crippen LogP contribution in [-0.4, -0.2) is 9.13 Å². The third-order valence-corrected chi connectivity index (χ3v) is 8.95. The van der Waals surface area contributed by atoms with E-state index >= 15 is 0 Å². The summed E-state index contributed by atoms with van der Waals surface area (Å²) in [6.45, 7) is 3.96. The first kappa shape index (κ1) is 24.0. The van der Waals surface area contributed by atoms with Crippen molar-refractivity contribution in [3.8, 4) is 11.4 Å². The molecule has 0 fully saturated rings. The molecule has 0 radical (unpaired) electrons. The average Bonchev–Trinajstić information content (AvgIpc) is 3.56. The molecule has 4 nitrogen and oxygen atoms in total. The van der Waals surface area contributed by atoms with E-state index in [1.807, 2.05) is 38.1 Å². The van der Waals surface area contributed by atoms with Gasteiger partial charge in [-0.2, -0.15) is 0 Å². The summed E-state index contributed by atoms with van der Waals surface area (Å²) < 4.78 is 11.2. The van der Waals surface area contributed by atoms with Gasteiger partial charge in [-0.3, -0.25) is 4.79 Å². The molecule has 204 valence electrons. The molecule has 0 atom stereocenters. The second-order valence-electron chi connectivity index (χ2n) is 11.4. The lowest BCUT2D eigenvalue weighted by Crippen LogP contribution is -2.05. The van der Waals surface area contributed by atoms with Crippen molar-refractivity contribution >= 4 is 65.6 Å². The number of aromatic nitrogens is 2. The van der Waals surface area contributed by atoms with E-state index in [1.165, 1.54) is 21.5 Å². The van der Waals surface area contributed by atoms with E-state index in [0.29, 0.717) is 21.9 Å². The molecule has 9 aromatic rings. The van der Waals surface area contributed by atoms with Crippen LogP contribution in [0.2, 0.25) is 0 Å². The van der Waals surface area contributed by atoms with Crippen molar-refractivity contribution in [2.24, 2.45) is 0 Å². The predicted octanol–water partition coefficient (Wildman–Crippen LogP) is 9.76. The number of fused-ring (bicyclic) bond motifs is 9. The first-order chi connectivity index (χ1) is 21.1. The molecule has 0 amide bonds. The number of hydrogen-bond acceptors (Lipinski definition) is 2. The summed E-state index contributed by atoms with van der Waals surface area (Å²) >= 11 is 0. The van der Waals surface area contributed by atoms with Gasteiger partial charge in [0, 0.05) is 39.0 Å². The molecule has 0 unspecified atom stereocenters. The highest BCUT2D eigenvalue weighted by atomic mass is 16.3. The number of benzene rings is 6. The van der Waals surface area contributed by atoms with Gasteiger partial charge in [-0.25, -0.2) is 0 Å². The smallest absolute Gasteiger partial charge is 0.200 e. The van der Waals surface area contributed by atoms with Crippen molar-refractivity contribution in [2.45, 2.75) is 13.8 Å². The van der Waals surface area contributed by atoms with E-state index in [9.17, 15) is 4.79 Å². The Bertz CT molecular complexity index is 2650. The van der Waals surface area contributed by atoms with Crippen LogP contribution in [0.5, 0.6) is 0 Å². The minimum atomic E-state index is 0.0135. The molecule has 0 bridgehead atoms. The molecule has 3 aromatic heterocycles. The summed E-state index contributed by atoms with van der Waals surface area (Å²) in [6, 6.07) is 42.2. The maximum absolute atomic E-state index is 13.7. The average molecular weight is 555 g/mol. The Hall–Kier alpha value is -5.61. The summed E-state index contributed by atoms with van der Waals surface area (Å²) in [5.41, 5.74) is 9.78. The minimum absolute atomic E-state index is 0.0135. The van der Waals surface area contributed by atoms with Crippen molar-refractivity contribution in [1.82, 2.24) is 9.13 Å². The van der Waals surface area contributed by atoms with Crippen molar-refractivity contribution < 1.29 is 4.42 Å². The lowest BCUT2D eigenvalue weighted by Gasteiger charge is -2.12. The molecule has 0 saturated heterocycles. The van der Waals surface area contributed by atoms with Gasteiger partial charge >= 0.3 is 0 Å². The van der Waals surface area contributed by atoms with Gasteiger partial charge in [0.05, 0.1) is 32.8 Å². The van der Waals surface area contributed by atoms with Gasteiger partial charge in [0.25, 0.3) is 0 Å². The molecule has 0 aliphatic rings. The summed E-state index contributed by atoms with van der Waals surface area (Å²) in [5, 5.41) is 6.01. The monoisotopic (exact) mass is 554 g/mol. The molecular formula is C39H26N2O2. The normalized spacial score (nSPS) is 12.0. The molecule has 0 aliphatic carbocycles. The third kappa shape index (κ3) is 3.23.